The van der Waals surface area contributed by atoms with E-state index in [1.165, 1.54) is 26.2 Å². The number of carbonyl (C=O) groups excluding carboxylic acids is 2. The lowest BCUT2D eigenvalue weighted by atomic mass is 9.97. The second kappa shape index (κ2) is 8.79. The molecular formula is C20H28N2O6. The van der Waals surface area contributed by atoms with Crippen molar-refractivity contribution in [3.63, 3.8) is 0 Å². The molecule has 2 heterocycles. The molecule has 2 amide bonds. The van der Waals surface area contributed by atoms with Crippen molar-refractivity contribution in [2.45, 2.75) is 44.2 Å². The van der Waals surface area contributed by atoms with Crippen LogP contribution < -0.4 is 19.1 Å². The molecule has 0 unspecified atom stereocenters. The lowest BCUT2D eigenvalue weighted by Crippen LogP contribution is -2.50. The summed E-state index contributed by atoms with van der Waals surface area (Å²) in [6.45, 7) is 0.837. The topological polar surface area (TPSA) is 88.5 Å². The van der Waals surface area contributed by atoms with E-state index < -0.39 is 6.04 Å². The van der Waals surface area contributed by atoms with Gasteiger partial charge in [-0.3, -0.25) is 14.5 Å². The predicted octanol–water partition coefficient (Wildman–Crippen LogP) is 1.58. The standard InChI is InChI=1S/C20H28N2O6/c1-26-16-10-14(11-17(27-2)19(16)28-3)22-18(24)12-15(20(22)25)21-8-5-4-6-13(21)7-9-23/h10-11,13,15,23H,4-9,12H2,1-3H3/t13-,15-/m0/s1. The van der Waals surface area contributed by atoms with Crippen LogP contribution in [0.15, 0.2) is 12.1 Å². The molecule has 28 heavy (non-hydrogen) atoms. The van der Waals surface area contributed by atoms with E-state index in [2.05, 4.69) is 4.90 Å². The summed E-state index contributed by atoms with van der Waals surface area (Å²) in [5.41, 5.74) is 0.405. The van der Waals surface area contributed by atoms with Crippen molar-refractivity contribution in [2.75, 3.05) is 39.4 Å². The molecule has 2 fully saturated rings. The average Bonchev–Trinajstić information content (AvgIpc) is 3.01. The molecule has 2 aliphatic heterocycles. The van der Waals surface area contributed by atoms with Crippen molar-refractivity contribution in [2.24, 2.45) is 0 Å². The largest absolute Gasteiger partial charge is 0.493 e. The molecular weight excluding hydrogens is 364 g/mol. The number of anilines is 1. The number of benzene rings is 1. The summed E-state index contributed by atoms with van der Waals surface area (Å²) in [4.78, 5) is 29.3. The molecule has 8 heteroatoms. The normalized spacial score (nSPS) is 23.2. The summed E-state index contributed by atoms with van der Waals surface area (Å²) < 4.78 is 16.0. The molecule has 2 aliphatic rings. The third kappa shape index (κ3) is 3.66. The van der Waals surface area contributed by atoms with Crippen molar-refractivity contribution in [3.05, 3.63) is 12.1 Å². The van der Waals surface area contributed by atoms with E-state index in [4.69, 9.17) is 14.2 Å². The Morgan fingerprint density at radius 2 is 1.75 bits per heavy atom. The van der Waals surface area contributed by atoms with Gasteiger partial charge in [0.2, 0.25) is 11.7 Å². The Morgan fingerprint density at radius 1 is 1.07 bits per heavy atom. The van der Waals surface area contributed by atoms with Gasteiger partial charge in [0.25, 0.3) is 5.91 Å². The Balaban J connectivity index is 1.91. The molecule has 0 bridgehead atoms. The summed E-state index contributed by atoms with van der Waals surface area (Å²) in [6, 6.07) is 2.85. The number of amides is 2. The van der Waals surface area contributed by atoms with Crippen molar-refractivity contribution in [3.8, 4) is 17.2 Å². The summed E-state index contributed by atoms with van der Waals surface area (Å²) in [5, 5.41) is 9.36. The molecule has 8 nitrogen and oxygen atoms in total. The van der Waals surface area contributed by atoms with Gasteiger partial charge in [-0.2, -0.15) is 0 Å². The lowest BCUT2D eigenvalue weighted by molar-refractivity contribution is -0.123. The first-order valence-corrected chi connectivity index (χ1v) is 9.59. The van der Waals surface area contributed by atoms with E-state index in [0.29, 0.717) is 29.4 Å². The fourth-order valence-electron chi connectivity index (χ4n) is 4.23. The summed E-state index contributed by atoms with van der Waals surface area (Å²) in [6.07, 6.45) is 3.75. The number of likely N-dealkylation sites (tertiary alicyclic amines) is 1. The van der Waals surface area contributed by atoms with Gasteiger partial charge in [0.05, 0.1) is 39.5 Å². The number of hydrogen-bond acceptors (Lipinski definition) is 7. The van der Waals surface area contributed by atoms with Crippen LogP contribution in [0.5, 0.6) is 17.2 Å². The highest BCUT2D eigenvalue weighted by molar-refractivity contribution is 6.22. The Kier molecular flexibility index (Phi) is 6.41. The van der Waals surface area contributed by atoms with Crippen LogP contribution in [0.2, 0.25) is 0 Å². The van der Waals surface area contributed by atoms with Gasteiger partial charge in [-0.1, -0.05) is 6.42 Å². The number of methoxy groups -OCH3 is 3. The van der Waals surface area contributed by atoms with Crippen LogP contribution in [0.1, 0.15) is 32.1 Å². The molecule has 154 valence electrons. The minimum Gasteiger partial charge on any atom is -0.493 e. The van der Waals surface area contributed by atoms with Gasteiger partial charge in [0.15, 0.2) is 11.5 Å². The molecule has 1 aromatic rings. The maximum Gasteiger partial charge on any atom is 0.251 e. The van der Waals surface area contributed by atoms with Gasteiger partial charge in [-0.05, 0) is 25.8 Å². The second-order valence-electron chi connectivity index (χ2n) is 7.07. The van der Waals surface area contributed by atoms with Gasteiger partial charge >= 0.3 is 0 Å². The van der Waals surface area contributed by atoms with Crippen LogP contribution in [-0.2, 0) is 9.59 Å². The maximum absolute atomic E-state index is 13.2. The fourth-order valence-corrected chi connectivity index (χ4v) is 4.23. The minimum absolute atomic E-state index is 0.0760. The number of hydrogen-bond donors (Lipinski definition) is 1. The van der Waals surface area contributed by atoms with Crippen LogP contribution in [0.25, 0.3) is 0 Å². The number of ether oxygens (including phenoxy) is 3. The van der Waals surface area contributed by atoms with E-state index >= 15 is 0 Å². The van der Waals surface area contributed by atoms with Crippen molar-refractivity contribution in [1.29, 1.82) is 0 Å². The van der Waals surface area contributed by atoms with E-state index in [1.54, 1.807) is 12.1 Å². The Morgan fingerprint density at radius 3 is 2.32 bits per heavy atom. The number of carbonyl (C=O) groups is 2. The number of aliphatic hydroxyl groups is 1. The van der Waals surface area contributed by atoms with Crippen LogP contribution in [0, 0.1) is 0 Å². The predicted molar refractivity (Wildman–Crippen MR) is 103 cm³/mol. The fraction of sp³-hybridized carbons (Fsp3) is 0.600. The second-order valence-corrected chi connectivity index (χ2v) is 7.07. The SMILES string of the molecule is COc1cc(N2C(=O)C[C@H](N3CCCC[C@H]3CCO)C2=O)cc(OC)c1OC. The van der Waals surface area contributed by atoms with Crippen LogP contribution in [0.3, 0.4) is 0 Å². The molecule has 2 atom stereocenters. The molecule has 1 aromatic carbocycles. The van der Waals surface area contributed by atoms with Gasteiger partial charge in [-0.25, -0.2) is 4.90 Å². The molecule has 0 radical (unpaired) electrons. The zero-order chi connectivity index (χ0) is 20.3. The summed E-state index contributed by atoms with van der Waals surface area (Å²) in [7, 11) is 4.48. The number of nitrogens with zero attached hydrogens (tertiary/aromatic N) is 2. The molecule has 2 saturated heterocycles. The smallest absolute Gasteiger partial charge is 0.251 e. The van der Waals surface area contributed by atoms with E-state index in [-0.39, 0.29) is 30.9 Å². The molecule has 0 aromatic heterocycles. The monoisotopic (exact) mass is 392 g/mol. The Bertz CT molecular complexity index is 710. The number of piperidine rings is 1. The third-order valence-corrected chi connectivity index (χ3v) is 5.57. The summed E-state index contributed by atoms with van der Waals surface area (Å²) >= 11 is 0. The van der Waals surface area contributed by atoms with E-state index in [0.717, 1.165) is 25.8 Å². The highest BCUT2D eigenvalue weighted by atomic mass is 16.5. The number of rotatable bonds is 7. The highest BCUT2D eigenvalue weighted by Crippen LogP contribution is 2.42. The first-order valence-electron chi connectivity index (χ1n) is 9.59. The lowest BCUT2D eigenvalue weighted by Gasteiger charge is -2.38. The van der Waals surface area contributed by atoms with Crippen molar-refractivity contribution in [1.82, 2.24) is 4.90 Å². The van der Waals surface area contributed by atoms with Gasteiger partial charge in [-0.15, -0.1) is 0 Å². The van der Waals surface area contributed by atoms with Gasteiger partial charge in [0.1, 0.15) is 0 Å². The molecule has 1 N–H and O–H groups in total. The Labute approximate surface area is 165 Å². The third-order valence-electron chi connectivity index (χ3n) is 5.57. The molecule has 0 saturated carbocycles. The van der Waals surface area contributed by atoms with Crippen molar-refractivity contribution >= 4 is 17.5 Å². The first kappa shape index (κ1) is 20.4. The average molecular weight is 392 g/mol. The maximum atomic E-state index is 13.2. The molecule has 3 rings (SSSR count). The molecule has 0 aliphatic carbocycles. The van der Waals surface area contributed by atoms with Gasteiger partial charge in [0, 0.05) is 24.8 Å². The van der Waals surface area contributed by atoms with Crippen LogP contribution in [-0.4, -0.2) is 68.4 Å². The van der Waals surface area contributed by atoms with E-state index in [1.807, 2.05) is 0 Å². The van der Waals surface area contributed by atoms with Gasteiger partial charge < -0.3 is 19.3 Å². The van der Waals surface area contributed by atoms with E-state index in [9.17, 15) is 14.7 Å². The summed E-state index contributed by atoms with van der Waals surface area (Å²) in [5.74, 6) is 0.680. The van der Waals surface area contributed by atoms with Crippen molar-refractivity contribution < 1.29 is 28.9 Å². The van der Waals surface area contributed by atoms with Crippen LogP contribution >= 0.6 is 0 Å². The zero-order valence-corrected chi connectivity index (χ0v) is 16.6. The van der Waals surface area contributed by atoms with Crippen LogP contribution in [0.4, 0.5) is 5.69 Å². The Hall–Kier alpha value is -2.32. The minimum atomic E-state index is -0.497. The zero-order valence-electron chi connectivity index (χ0n) is 16.6. The quantitative estimate of drug-likeness (QED) is 0.705. The number of aliphatic hydroxyl groups excluding tert-OH is 1. The first-order chi connectivity index (χ1) is 13.5. The number of imide groups is 1. The highest BCUT2D eigenvalue weighted by Gasteiger charge is 2.45. The molecule has 0 spiro atoms.